The van der Waals surface area contributed by atoms with Crippen molar-refractivity contribution in [3.05, 3.63) is 63.1 Å². The Morgan fingerprint density at radius 3 is 2.80 bits per heavy atom. The lowest BCUT2D eigenvalue weighted by Crippen LogP contribution is -2.39. The second kappa shape index (κ2) is 7.52. The lowest BCUT2D eigenvalue weighted by Gasteiger charge is -2.17. The Morgan fingerprint density at radius 2 is 2.04 bits per heavy atom. The van der Waals surface area contributed by atoms with Crippen molar-refractivity contribution < 1.29 is 15.0 Å². The second-order valence-electron chi connectivity index (χ2n) is 6.01. The fourth-order valence-electron chi connectivity index (χ4n) is 3.02. The van der Waals surface area contributed by atoms with E-state index in [9.17, 15) is 15.0 Å². The number of urea groups is 1. The van der Waals surface area contributed by atoms with Gasteiger partial charge in [-0.05, 0) is 48.2 Å². The Bertz CT molecular complexity index is 798. The fraction of sp³-hybridized carbons (Fsp3) is 0.278. The van der Waals surface area contributed by atoms with Crippen molar-refractivity contribution in [3.63, 3.8) is 0 Å². The zero-order valence-electron chi connectivity index (χ0n) is 13.3. The van der Waals surface area contributed by atoms with E-state index in [0.717, 1.165) is 24.0 Å². The number of aliphatic hydroxyl groups excluding tert-OH is 1. The number of carbonyl (C=O) groups excluding carboxylic acids is 1. The Labute approximate surface area is 155 Å². The molecule has 2 amide bonds. The Hall–Kier alpha value is -1.95. The summed E-state index contributed by atoms with van der Waals surface area (Å²) in [6.07, 6.45) is 0.692. The predicted molar refractivity (Wildman–Crippen MR) is 97.1 cm³/mol. The van der Waals surface area contributed by atoms with Gasteiger partial charge in [-0.15, -0.1) is 0 Å². The molecule has 7 heteroatoms. The number of nitrogens with one attached hydrogen (secondary N) is 2. The topological polar surface area (TPSA) is 81.6 Å². The molecule has 0 heterocycles. The molecule has 4 N–H and O–H groups in total. The number of benzene rings is 2. The highest BCUT2D eigenvalue weighted by atomic mass is 35.5. The molecule has 0 saturated carbocycles. The summed E-state index contributed by atoms with van der Waals surface area (Å²) in [4.78, 5) is 12.1. The number of rotatable bonds is 4. The Kier molecular flexibility index (Phi) is 5.37. The number of aromatic hydroxyl groups is 1. The van der Waals surface area contributed by atoms with Crippen LogP contribution >= 0.6 is 23.2 Å². The summed E-state index contributed by atoms with van der Waals surface area (Å²) >= 11 is 11.9. The molecule has 0 radical (unpaired) electrons. The molecule has 1 aliphatic rings. The van der Waals surface area contributed by atoms with Gasteiger partial charge >= 0.3 is 6.03 Å². The van der Waals surface area contributed by atoms with Crippen molar-refractivity contribution in [2.75, 3.05) is 6.54 Å². The summed E-state index contributed by atoms with van der Waals surface area (Å²) < 4.78 is 0. The first kappa shape index (κ1) is 17.9. The van der Waals surface area contributed by atoms with Crippen molar-refractivity contribution in [1.29, 1.82) is 0 Å². The molecule has 0 aliphatic heterocycles. The first-order valence-electron chi connectivity index (χ1n) is 7.93. The number of phenols is 1. The van der Waals surface area contributed by atoms with Crippen LogP contribution in [0.3, 0.4) is 0 Å². The van der Waals surface area contributed by atoms with Gasteiger partial charge in [0, 0.05) is 22.2 Å². The van der Waals surface area contributed by atoms with E-state index in [1.165, 1.54) is 0 Å². The number of hydrogen-bond acceptors (Lipinski definition) is 3. The molecule has 132 valence electrons. The molecule has 0 bridgehead atoms. The smallest absolute Gasteiger partial charge is 0.315 e. The minimum absolute atomic E-state index is 0.0206. The van der Waals surface area contributed by atoms with Gasteiger partial charge in [-0.2, -0.15) is 0 Å². The van der Waals surface area contributed by atoms with Gasteiger partial charge in [-0.3, -0.25) is 0 Å². The predicted octanol–water partition coefficient (Wildman–Crippen LogP) is 3.72. The number of fused-ring (bicyclic) bond motifs is 1. The number of aryl methyl sites for hydroxylation is 1. The normalized spacial score (nSPS) is 17.0. The van der Waals surface area contributed by atoms with E-state index in [1.807, 2.05) is 6.07 Å². The molecule has 0 saturated heterocycles. The van der Waals surface area contributed by atoms with E-state index in [2.05, 4.69) is 10.6 Å². The second-order valence-corrected chi connectivity index (χ2v) is 6.85. The monoisotopic (exact) mass is 380 g/mol. The summed E-state index contributed by atoms with van der Waals surface area (Å²) in [5.74, 6) is 0.181. The van der Waals surface area contributed by atoms with Crippen LogP contribution in [0, 0.1) is 0 Å². The lowest BCUT2D eigenvalue weighted by molar-refractivity contribution is 0.172. The summed E-state index contributed by atoms with van der Waals surface area (Å²) in [5.41, 5.74) is 2.55. The molecule has 5 nitrogen and oxygen atoms in total. The van der Waals surface area contributed by atoms with E-state index in [0.29, 0.717) is 15.6 Å². The van der Waals surface area contributed by atoms with Crippen molar-refractivity contribution in [2.24, 2.45) is 0 Å². The van der Waals surface area contributed by atoms with Gasteiger partial charge < -0.3 is 20.8 Å². The molecule has 0 aromatic heterocycles. The highest BCUT2D eigenvalue weighted by Gasteiger charge is 2.24. The summed E-state index contributed by atoms with van der Waals surface area (Å²) in [5, 5.41) is 26.1. The first-order chi connectivity index (χ1) is 11.9. The average Bonchev–Trinajstić information content (AvgIpc) is 2.95. The first-order valence-corrected chi connectivity index (χ1v) is 8.69. The summed E-state index contributed by atoms with van der Waals surface area (Å²) in [6, 6.07) is 9.46. The number of phenolic OH excluding ortho intramolecular Hbond substituents is 1. The SMILES string of the molecule is O=C(NCC(O)c1ccc(Cl)cc1Cl)NC1CCc2ccc(O)cc21. The summed E-state index contributed by atoms with van der Waals surface area (Å²) in [7, 11) is 0. The van der Waals surface area contributed by atoms with Crippen molar-refractivity contribution >= 4 is 29.2 Å². The zero-order valence-corrected chi connectivity index (χ0v) is 14.8. The maximum Gasteiger partial charge on any atom is 0.315 e. The van der Waals surface area contributed by atoms with E-state index in [-0.39, 0.29) is 24.4 Å². The van der Waals surface area contributed by atoms with Gasteiger partial charge in [-0.1, -0.05) is 35.3 Å². The molecule has 1 aliphatic carbocycles. The van der Waals surface area contributed by atoms with E-state index >= 15 is 0 Å². The van der Waals surface area contributed by atoms with Crippen LogP contribution in [0.5, 0.6) is 5.75 Å². The molecule has 0 spiro atoms. The maximum absolute atomic E-state index is 12.1. The number of amides is 2. The fourth-order valence-corrected chi connectivity index (χ4v) is 3.55. The molecule has 25 heavy (non-hydrogen) atoms. The third-order valence-corrected chi connectivity index (χ3v) is 4.85. The maximum atomic E-state index is 12.1. The van der Waals surface area contributed by atoms with Gasteiger partial charge in [0.15, 0.2) is 0 Å². The average molecular weight is 381 g/mol. The molecular weight excluding hydrogens is 363 g/mol. The number of carbonyl (C=O) groups is 1. The van der Waals surface area contributed by atoms with Gasteiger partial charge in [0.05, 0.1) is 12.1 Å². The van der Waals surface area contributed by atoms with E-state index in [4.69, 9.17) is 23.2 Å². The van der Waals surface area contributed by atoms with E-state index in [1.54, 1.807) is 30.3 Å². The van der Waals surface area contributed by atoms with Crippen molar-refractivity contribution in [1.82, 2.24) is 10.6 Å². The highest BCUT2D eigenvalue weighted by molar-refractivity contribution is 6.35. The van der Waals surface area contributed by atoms with Gasteiger partial charge in [0.1, 0.15) is 5.75 Å². The van der Waals surface area contributed by atoms with Crippen LogP contribution in [0.4, 0.5) is 4.79 Å². The van der Waals surface area contributed by atoms with Gasteiger partial charge in [0.2, 0.25) is 0 Å². The molecule has 2 atom stereocenters. The molecule has 2 aromatic rings. The summed E-state index contributed by atoms with van der Waals surface area (Å²) in [6.45, 7) is 0.0206. The van der Waals surface area contributed by atoms with Gasteiger partial charge in [-0.25, -0.2) is 4.79 Å². The number of hydrogen-bond donors (Lipinski definition) is 4. The lowest BCUT2D eigenvalue weighted by atomic mass is 10.1. The van der Waals surface area contributed by atoms with Crippen LogP contribution in [-0.2, 0) is 6.42 Å². The van der Waals surface area contributed by atoms with Crippen LogP contribution in [0.2, 0.25) is 10.0 Å². The molecule has 2 unspecified atom stereocenters. The largest absolute Gasteiger partial charge is 0.508 e. The molecular formula is C18H18Cl2N2O3. The van der Waals surface area contributed by atoms with Crippen LogP contribution in [0.1, 0.15) is 35.3 Å². The minimum Gasteiger partial charge on any atom is -0.508 e. The zero-order chi connectivity index (χ0) is 18.0. The van der Waals surface area contributed by atoms with Crippen molar-refractivity contribution in [3.8, 4) is 5.75 Å². The molecule has 0 fully saturated rings. The van der Waals surface area contributed by atoms with Crippen LogP contribution < -0.4 is 10.6 Å². The number of halogens is 2. The van der Waals surface area contributed by atoms with Crippen LogP contribution in [-0.4, -0.2) is 22.8 Å². The van der Waals surface area contributed by atoms with Crippen LogP contribution in [0.25, 0.3) is 0 Å². The standard InChI is InChI=1S/C18H18Cl2N2O3/c19-11-3-5-13(15(20)7-11)17(24)9-21-18(25)22-16-6-2-10-1-4-12(23)8-14(10)16/h1,3-5,7-8,16-17,23-24H,2,6,9H2,(H2,21,22,25). The quantitative estimate of drug-likeness (QED) is 0.652. The molecule has 3 rings (SSSR count). The third kappa shape index (κ3) is 4.18. The molecule has 2 aromatic carbocycles. The van der Waals surface area contributed by atoms with E-state index < -0.39 is 6.10 Å². The van der Waals surface area contributed by atoms with Crippen molar-refractivity contribution in [2.45, 2.75) is 25.0 Å². The van der Waals surface area contributed by atoms with Crippen LogP contribution in [0.15, 0.2) is 36.4 Å². The third-order valence-electron chi connectivity index (χ3n) is 4.29. The van der Waals surface area contributed by atoms with Gasteiger partial charge in [0.25, 0.3) is 0 Å². The highest BCUT2D eigenvalue weighted by Crippen LogP contribution is 2.33. The Balaban J connectivity index is 1.56. The minimum atomic E-state index is -0.935. The number of aliphatic hydroxyl groups is 1. The Morgan fingerprint density at radius 1 is 1.24 bits per heavy atom.